The number of rotatable bonds is 9. The first-order valence-corrected chi connectivity index (χ1v) is 9.48. The standard InChI is InChI=1S/C17H29NO2S/c1-5-7-8-15(6-2)13-18-21(19,20)17-11-9-16(10-12-17)14(3)4/h9-12,14-15,18H,5-8,13H2,1-4H3. The van der Waals surface area contributed by atoms with Crippen LogP contribution >= 0.6 is 0 Å². The Kier molecular flexibility index (Phi) is 7.40. The molecule has 1 aromatic rings. The lowest BCUT2D eigenvalue weighted by Gasteiger charge is -2.15. The topological polar surface area (TPSA) is 46.2 Å². The van der Waals surface area contributed by atoms with E-state index in [9.17, 15) is 8.42 Å². The van der Waals surface area contributed by atoms with Gasteiger partial charge in [0.15, 0.2) is 0 Å². The average Bonchev–Trinajstić information content (AvgIpc) is 2.47. The van der Waals surface area contributed by atoms with Crippen molar-refractivity contribution in [3.8, 4) is 0 Å². The summed E-state index contributed by atoms with van der Waals surface area (Å²) in [4.78, 5) is 0.359. The van der Waals surface area contributed by atoms with Crippen LogP contribution in [-0.4, -0.2) is 15.0 Å². The van der Waals surface area contributed by atoms with Crippen LogP contribution in [0, 0.1) is 5.92 Å². The first-order chi connectivity index (χ1) is 9.90. The second kappa shape index (κ2) is 8.54. The lowest BCUT2D eigenvalue weighted by molar-refractivity contribution is 0.443. The maximum absolute atomic E-state index is 12.3. The lowest BCUT2D eigenvalue weighted by atomic mass is 10.00. The van der Waals surface area contributed by atoms with Crippen molar-refractivity contribution in [3.63, 3.8) is 0 Å². The van der Waals surface area contributed by atoms with Crippen LogP contribution in [-0.2, 0) is 10.0 Å². The van der Waals surface area contributed by atoms with Crippen molar-refractivity contribution in [2.45, 2.75) is 64.2 Å². The number of benzene rings is 1. The molecule has 0 fully saturated rings. The summed E-state index contributed by atoms with van der Waals surface area (Å²) in [5, 5.41) is 0. The van der Waals surface area contributed by atoms with Gasteiger partial charge >= 0.3 is 0 Å². The second-order valence-corrected chi connectivity index (χ2v) is 7.76. The predicted molar refractivity (Wildman–Crippen MR) is 89.0 cm³/mol. The molecule has 1 rings (SSSR count). The molecule has 0 radical (unpaired) electrons. The monoisotopic (exact) mass is 311 g/mol. The van der Waals surface area contributed by atoms with Crippen LogP contribution in [0.15, 0.2) is 29.2 Å². The van der Waals surface area contributed by atoms with E-state index in [1.54, 1.807) is 12.1 Å². The van der Waals surface area contributed by atoms with Crippen LogP contribution in [0.2, 0.25) is 0 Å². The zero-order valence-electron chi connectivity index (χ0n) is 13.7. The zero-order valence-corrected chi connectivity index (χ0v) is 14.5. The van der Waals surface area contributed by atoms with Crippen molar-refractivity contribution in [1.29, 1.82) is 0 Å². The molecule has 0 amide bonds. The Morgan fingerprint density at radius 2 is 1.71 bits per heavy atom. The van der Waals surface area contributed by atoms with Crippen molar-refractivity contribution in [2.24, 2.45) is 5.92 Å². The minimum absolute atomic E-state index is 0.359. The van der Waals surface area contributed by atoms with Crippen LogP contribution in [0.25, 0.3) is 0 Å². The summed E-state index contributed by atoms with van der Waals surface area (Å²) < 4.78 is 27.3. The molecule has 0 aromatic heterocycles. The van der Waals surface area contributed by atoms with E-state index >= 15 is 0 Å². The fraction of sp³-hybridized carbons (Fsp3) is 0.647. The number of nitrogens with one attached hydrogen (secondary N) is 1. The Balaban J connectivity index is 2.68. The van der Waals surface area contributed by atoms with Gasteiger partial charge in [0.25, 0.3) is 0 Å². The highest BCUT2D eigenvalue weighted by atomic mass is 32.2. The van der Waals surface area contributed by atoms with Crippen molar-refractivity contribution >= 4 is 10.0 Å². The number of hydrogen-bond acceptors (Lipinski definition) is 2. The summed E-state index contributed by atoms with van der Waals surface area (Å²) in [5.74, 6) is 0.836. The van der Waals surface area contributed by atoms with E-state index in [2.05, 4.69) is 32.4 Å². The molecule has 0 spiro atoms. The zero-order chi connectivity index (χ0) is 15.9. The highest BCUT2D eigenvalue weighted by Crippen LogP contribution is 2.18. The summed E-state index contributed by atoms with van der Waals surface area (Å²) in [5.41, 5.74) is 1.16. The van der Waals surface area contributed by atoms with Gasteiger partial charge in [0, 0.05) is 6.54 Å². The van der Waals surface area contributed by atoms with E-state index in [1.165, 1.54) is 0 Å². The summed E-state index contributed by atoms with van der Waals surface area (Å²) >= 11 is 0. The minimum atomic E-state index is -3.38. The molecule has 1 unspecified atom stereocenters. The Hall–Kier alpha value is -0.870. The molecule has 0 bridgehead atoms. The number of sulfonamides is 1. The molecule has 1 atom stereocenters. The Bertz CT molecular complexity index is 506. The van der Waals surface area contributed by atoms with Crippen LogP contribution in [0.4, 0.5) is 0 Å². The van der Waals surface area contributed by atoms with Crippen LogP contribution in [0.3, 0.4) is 0 Å². The maximum atomic E-state index is 12.3. The van der Waals surface area contributed by atoms with Gasteiger partial charge in [0.05, 0.1) is 4.90 Å². The largest absolute Gasteiger partial charge is 0.240 e. The van der Waals surface area contributed by atoms with Gasteiger partial charge in [-0.3, -0.25) is 0 Å². The summed E-state index contributed by atoms with van der Waals surface area (Å²) in [6, 6.07) is 7.19. The van der Waals surface area contributed by atoms with Crippen LogP contribution < -0.4 is 4.72 Å². The van der Waals surface area contributed by atoms with Gasteiger partial charge in [-0.1, -0.05) is 59.1 Å². The number of hydrogen-bond donors (Lipinski definition) is 1. The van der Waals surface area contributed by atoms with Gasteiger partial charge < -0.3 is 0 Å². The molecule has 1 aromatic carbocycles. The van der Waals surface area contributed by atoms with Gasteiger partial charge in [-0.2, -0.15) is 0 Å². The molecule has 0 aliphatic carbocycles. The third-order valence-electron chi connectivity index (χ3n) is 3.96. The predicted octanol–water partition coefficient (Wildman–Crippen LogP) is 4.30. The molecule has 0 heterocycles. The first-order valence-electron chi connectivity index (χ1n) is 8.00. The van der Waals surface area contributed by atoms with E-state index in [0.29, 0.717) is 23.3 Å². The summed E-state index contributed by atoms with van der Waals surface area (Å²) in [6.45, 7) is 9.01. The quantitative estimate of drug-likeness (QED) is 0.739. The van der Waals surface area contributed by atoms with E-state index < -0.39 is 10.0 Å². The lowest BCUT2D eigenvalue weighted by Crippen LogP contribution is -2.29. The molecule has 0 saturated carbocycles. The molecular formula is C17H29NO2S. The number of unbranched alkanes of at least 4 members (excludes halogenated alkanes) is 1. The molecule has 0 aliphatic rings. The first kappa shape index (κ1) is 18.2. The summed E-state index contributed by atoms with van der Waals surface area (Å²) in [6.07, 6.45) is 4.40. The SMILES string of the molecule is CCCCC(CC)CNS(=O)(=O)c1ccc(C(C)C)cc1. The molecule has 0 aliphatic heterocycles. The normalized spacial score (nSPS) is 13.6. The van der Waals surface area contributed by atoms with E-state index in [4.69, 9.17) is 0 Å². The fourth-order valence-electron chi connectivity index (χ4n) is 2.29. The highest BCUT2D eigenvalue weighted by molar-refractivity contribution is 7.89. The smallest absolute Gasteiger partial charge is 0.211 e. The molecule has 21 heavy (non-hydrogen) atoms. The fourth-order valence-corrected chi connectivity index (χ4v) is 3.40. The molecule has 3 nitrogen and oxygen atoms in total. The average molecular weight is 311 g/mol. The Labute approximate surface area is 130 Å². The molecule has 4 heteroatoms. The maximum Gasteiger partial charge on any atom is 0.240 e. The van der Waals surface area contributed by atoms with Crippen molar-refractivity contribution in [2.75, 3.05) is 6.54 Å². The van der Waals surface area contributed by atoms with Gasteiger partial charge in [-0.05, 0) is 36.0 Å². The van der Waals surface area contributed by atoms with Gasteiger partial charge in [0.1, 0.15) is 0 Å². The van der Waals surface area contributed by atoms with Crippen LogP contribution in [0.5, 0.6) is 0 Å². The van der Waals surface area contributed by atoms with E-state index in [1.807, 2.05) is 12.1 Å². The molecule has 1 N–H and O–H groups in total. The third kappa shape index (κ3) is 5.79. The minimum Gasteiger partial charge on any atom is -0.211 e. The highest BCUT2D eigenvalue weighted by Gasteiger charge is 2.16. The van der Waals surface area contributed by atoms with Gasteiger partial charge in [-0.25, -0.2) is 13.1 Å². The Morgan fingerprint density at radius 3 is 2.19 bits per heavy atom. The van der Waals surface area contributed by atoms with Crippen molar-refractivity contribution < 1.29 is 8.42 Å². The molecule has 120 valence electrons. The second-order valence-electron chi connectivity index (χ2n) is 5.99. The summed E-state index contributed by atoms with van der Waals surface area (Å²) in [7, 11) is -3.38. The van der Waals surface area contributed by atoms with Gasteiger partial charge in [0.2, 0.25) is 10.0 Å². The van der Waals surface area contributed by atoms with Crippen LogP contribution in [0.1, 0.15) is 64.9 Å². The molecular weight excluding hydrogens is 282 g/mol. The van der Waals surface area contributed by atoms with Crippen molar-refractivity contribution in [3.05, 3.63) is 29.8 Å². The molecule has 0 saturated heterocycles. The van der Waals surface area contributed by atoms with E-state index in [0.717, 1.165) is 31.2 Å². The third-order valence-corrected chi connectivity index (χ3v) is 5.40. The van der Waals surface area contributed by atoms with E-state index in [-0.39, 0.29) is 0 Å². The Morgan fingerprint density at radius 1 is 1.10 bits per heavy atom. The van der Waals surface area contributed by atoms with Crippen molar-refractivity contribution in [1.82, 2.24) is 4.72 Å². The van der Waals surface area contributed by atoms with Gasteiger partial charge in [-0.15, -0.1) is 0 Å².